The molecule has 0 radical (unpaired) electrons. The van der Waals surface area contributed by atoms with E-state index in [0.29, 0.717) is 30.4 Å². The molecule has 1 aromatic rings. The first kappa shape index (κ1) is 22.5. The van der Waals surface area contributed by atoms with Crippen molar-refractivity contribution in [2.24, 2.45) is 11.8 Å². The number of likely N-dealkylation sites (tertiary alicyclic amines) is 1. The van der Waals surface area contributed by atoms with Crippen LogP contribution in [0.4, 0.5) is 0 Å². The first-order chi connectivity index (χ1) is 16.0. The maximum Gasteiger partial charge on any atom is 0.255 e. The van der Waals surface area contributed by atoms with Crippen LogP contribution in [0, 0.1) is 11.8 Å². The molecule has 33 heavy (non-hydrogen) atoms. The van der Waals surface area contributed by atoms with Crippen molar-refractivity contribution in [3.05, 3.63) is 34.9 Å². The average Bonchev–Trinajstić information content (AvgIpc) is 3.17. The fourth-order valence-electron chi connectivity index (χ4n) is 6.06. The van der Waals surface area contributed by atoms with Crippen LogP contribution in [0.5, 0.6) is 0 Å². The van der Waals surface area contributed by atoms with Gasteiger partial charge < -0.3 is 15.3 Å². The van der Waals surface area contributed by atoms with Gasteiger partial charge in [0.25, 0.3) is 5.91 Å². The van der Waals surface area contributed by atoms with Crippen molar-refractivity contribution in [2.45, 2.75) is 63.8 Å². The van der Waals surface area contributed by atoms with Crippen LogP contribution in [0.15, 0.2) is 18.2 Å². The van der Waals surface area contributed by atoms with E-state index >= 15 is 0 Å². The van der Waals surface area contributed by atoms with E-state index in [-0.39, 0.29) is 30.2 Å². The van der Waals surface area contributed by atoms with E-state index in [9.17, 15) is 19.5 Å². The number of carbonyl (C=O) groups excluding carboxylic acids is 3. The Kier molecular flexibility index (Phi) is 6.49. The molecule has 4 heterocycles. The molecule has 5 rings (SSSR count). The monoisotopic (exact) mass is 454 g/mol. The molecule has 0 bridgehead atoms. The predicted molar refractivity (Wildman–Crippen MR) is 122 cm³/mol. The Morgan fingerprint density at radius 2 is 1.73 bits per heavy atom. The molecule has 4 aliphatic rings. The molecule has 0 aliphatic carbocycles. The first-order valence-electron chi connectivity index (χ1n) is 12.4. The van der Waals surface area contributed by atoms with Crippen molar-refractivity contribution in [3.63, 3.8) is 0 Å². The quantitative estimate of drug-likeness (QED) is 0.575. The van der Waals surface area contributed by atoms with Crippen molar-refractivity contribution in [1.29, 1.82) is 0 Å². The second-order valence-corrected chi connectivity index (χ2v) is 10.0. The highest BCUT2D eigenvalue weighted by molar-refractivity contribution is 6.05. The Balaban J connectivity index is 1.21. The first-order valence-corrected chi connectivity index (χ1v) is 12.4. The standard InChI is InChI=1S/C25H34N4O4/c30-22-5-4-21(24(32)27-22)29-15-20-18(2-1-3-19(20)25(29)33)14-28-12-8-17(9-13-28)23(31)16-6-10-26-11-7-16/h1-3,16-17,21,23,26,31H,4-15H2,(H,27,30,32). The minimum Gasteiger partial charge on any atom is -0.393 e. The minimum absolute atomic E-state index is 0.120. The van der Waals surface area contributed by atoms with E-state index in [1.807, 2.05) is 12.1 Å². The van der Waals surface area contributed by atoms with Gasteiger partial charge in [-0.3, -0.25) is 24.6 Å². The summed E-state index contributed by atoms with van der Waals surface area (Å²) < 4.78 is 0. The fourth-order valence-corrected chi connectivity index (χ4v) is 6.06. The molecule has 3 saturated heterocycles. The number of aliphatic hydroxyl groups is 1. The van der Waals surface area contributed by atoms with Crippen LogP contribution in [0.1, 0.15) is 60.0 Å². The van der Waals surface area contributed by atoms with Crippen LogP contribution in [-0.4, -0.2) is 71.0 Å². The number of carbonyl (C=O) groups is 3. The number of nitrogens with one attached hydrogen (secondary N) is 2. The van der Waals surface area contributed by atoms with Gasteiger partial charge >= 0.3 is 0 Å². The maximum absolute atomic E-state index is 13.1. The summed E-state index contributed by atoms with van der Waals surface area (Å²) in [5, 5.41) is 16.6. The summed E-state index contributed by atoms with van der Waals surface area (Å²) >= 11 is 0. The molecule has 0 aromatic heterocycles. The highest BCUT2D eigenvalue weighted by Crippen LogP contribution is 2.33. The molecule has 2 atom stereocenters. The van der Waals surface area contributed by atoms with Crippen LogP contribution in [-0.2, 0) is 22.7 Å². The summed E-state index contributed by atoms with van der Waals surface area (Å²) in [5.41, 5.74) is 2.81. The zero-order valence-electron chi connectivity index (χ0n) is 19.1. The van der Waals surface area contributed by atoms with E-state index in [2.05, 4.69) is 21.6 Å². The van der Waals surface area contributed by atoms with Gasteiger partial charge in [-0.1, -0.05) is 12.1 Å². The van der Waals surface area contributed by atoms with Crippen LogP contribution in [0.2, 0.25) is 0 Å². The molecule has 0 spiro atoms. The summed E-state index contributed by atoms with van der Waals surface area (Å²) in [6.07, 6.45) is 4.58. The molecule has 8 heteroatoms. The second kappa shape index (κ2) is 9.52. The number of hydrogen-bond donors (Lipinski definition) is 3. The molecule has 0 saturated carbocycles. The van der Waals surface area contributed by atoms with Crippen molar-refractivity contribution >= 4 is 17.7 Å². The molecular formula is C25H34N4O4. The normalized spacial score (nSPS) is 26.4. The lowest BCUT2D eigenvalue weighted by Crippen LogP contribution is -2.52. The van der Waals surface area contributed by atoms with E-state index in [4.69, 9.17) is 0 Å². The number of fused-ring (bicyclic) bond motifs is 1. The number of hydrogen-bond acceptors (Lipinski definition) is 6. The Morgan fingerprint density at radius 1 is 1.00 bits per heavy atom. The van der Waals surface area contributed by atoms with Gasteiger partial charge in [0.05, 0.1) is 6.10 Å². The van der Waals surface area contributed by atoms with Crippen molar-refractivity contribution in [2.75, 3.05) is 26.2 Å². The summed E-state index contributed by atoms with van der Waals surface area (Å²) in [4.78, 5) is 40.9. The molecule has 8 nitrogen and oxygen atoms in total. The van der Waals surface area contributed by atoms with E-state index in [1.54, 1.807) is 4.90 Å². The minimum atomic E-state index is -0.581. The molecule has 4 aliphatic heterocycles. The van der Waals surface area contributed by atoms with Crippen molar-refractivity contribution in [3.8, 4) is 0 Å². The topological polar surface area (TPSA) is 102 Å². The molecule has 1 aromatic carbocycles. The second-order valence-electron chi connectivity index (χ2n) is 10.0. The van der Waals surface area contributed by atoms with Gasteiger partial charge in [-0.2, -0.15) is 0 Å². The van der Waals surface area contributed by atoms with Gasteiger partial charge in [-0.15, -0.1) is 0 Å². The van der Waals surface area contributed by atoms with E-state index in [0.717, 1.165) is 69.5 Å². The Labute approximate surface area is 194 Å². The van der Waals surface area contributed by atoms with Crippen molar-refractivity contribution in [1.82, 2.24) is 20.4 Å². The molecular weight excluding hydrogens is 420 g/mol. The number of benzene rings is 1. The number of amides is 3. The van der Waals surface area contributed by atoms with Gasteiger partial charge in [-0.25, -0.2) is 0 Å². The van der Waals surface area contributed by atoms with Gasteiger partial charge in [0, 0.05) is 25.1 Å². The summed E-state index contributed by atoms with van der Waals surface area (Å²) in [7, 11) is 0. The molecule has 2 unspecified atom stereocenters. The van der Waals surface area contributed by atoms with Gasteiger partial charge in [-0.05, 0) is 87.3 Å². The molecule has 3 fully saturated rings. The van der Waals surface area contributed by atoms with E-state index < -0.39 is 6.04 Å². The predicted octanol–water partition coefficient (Wildman–Crippen LogP) is 1.02. The highest BCUT2D eigenvalue weighted by atomic mass is 16.3. The number of imide groups is 1. The Morgan fingerprint density at radius 3 is 2.45 bits per heavy atom. The highest BCUT2D eigenvalue weighted by Gasteiger charge is 2.40. The average molecular weight is 455 g/mol. The molecule has 178 valence electrons. The Bertz CT molecular complexity index is 921. The number of piperidine rings is 3. The fraction of sp³-hybridized carbons (Fsp3) is 0.640. The summed E-state index contributed by atoms with van der Waals surface area (Å²) in [5.74, 6) is 0.0307. The van der Waals surface area contributed by atoms with Crippen molar-refractivity contribution < 1.29 is 19.5 Å². The zero-order chi connectivity index (χ0) is 22.9. The van der Waals surface area contributed by atoms with Crippen LogP contribution >= 0.6 is 0 Å². The number of rotatable bonds is 5. The van der Waals surface area contributed by atoms with Crippen LogP contribution < -0.4 is 10.6 Å². The summed E-state index contributed by atoms with van der Waals surface area (Å²) in [6.45, 7) is 5.10. The third-order valence-corrected chi connectivity index (χ3v) is 8.06. The lowest BCUT2D eigenvalue weighted by molar-refractivity contribution is -0.136. The Hall–Kier alpha value is -2.29. The van der Waals surface area contributed by atoms with Gasteiger partial charge in [0.1, 0.15) is 6.04 Å². The van der Waals surface area contributed by atoms with Gasteiger partial charge in [0.15, 0.2) is 0 Å². The third kappa shape index (κ3) is 4.56. The van der Waals surface area contributed by atoms with Gasteiger partial charge in [0.2, 0.25) is 11.8 Å². The lowest BCUT2D eigenvalue weighted by Gasteiger charge is -2.38. The summed E-state index contributed by atoms with van der Waals surface area (Å²) in [6, 6.07) is 5.26. The smallest absolute Gasteiger partial charge is 0.255 e. The van der Waals surface area contributed by atoms with Crippen LogP contribution in [0.25, 0.3) is 0 Å². The number of nitrogens with zero attached hydrogens (tertiary/aromatic N) is 2. The third-order valence-electron chi connectivity index (χ3n) is 8.06. The zero-order valence-corrected chi connectivity index (χ0v) is 19.1. The number of aliphatic hydroxyl groups excluding tert-OH is 1. The molecule has 3 amide bonds. The SMILES string of the molecule is O=C1CCC(N2Cc3c(CN4CCC(C(O)C5CCNCC5)CC4)cccc3C2=O)C(=O)N1. The largest absolute Gasteiger partial charge is 0.393 e. The molecule has 3 N–H and O–H groups in total. The maximum atomic E-state index is 13.1. The van der Waals surface area contributed by atoms with E-state index in [1.165, 1.54) is 0 Å². The van der Waals surface area contributed by atoms with Crippen LogP contribution in [0.3, 0.4) is 0 Å². The lowest BCUT2D eigenvalue weighted by atomic mass is 9.80.